The van der Waals surface area contributed by atoms with Gasteiger partial charge in [-0.15, -0.1) is 0 Å². The molecule has 2 rings (SSSR count). The third-order valence-electron chi connectivity index (χ3n) is 3.64. The number of nitrogens with one attached hydrogen (secondary N) is 1. The molecule has 1 aliphatic rings. The molecule has 1 fully saturated rings. The molecule has 0 atom stereocenters. The Kier molecular flexibility index (Phi) is 4.99. The maximum atomic E-state index is 6.04. The molecule has 0 aromatic carbocycles. The van der Waals surface area contributed by atoms with Crippen molar-refractivity contribution in [2.75, 3.05) is 32.0 Å². The van der Waals surface area contributed by atoms with Gasteiger partial charge in [-0.1, -0.05) is 25.4 Å². The third-order valence-corrected chi connectivity index (χ3v) is 3.83. The lowest BCUT2D eigenvalue weighted by molar-refractivity contribution is 0.226. The maximum Gasteiger partial charge on any atom is 0.135 e. The summed E-state index contributed by atoms with van der Waals surface area (Å²) >= 11 is 6.04. The summed E-state index contributed by atoms with van der Waals surface area (Å²) in [6.07, 6.45) is 2.50. The zero-order valence-electron chi connectivity index (χ0n) is 12.0. The minimum atomic E-state index is 0.294. The maximum absolute atomic E-state index is 6.04. The van der Waals surface area contributed by atoms with E-state index in [1.165, 1.54) is 25.9 Å². The summed E-state index contributed by atoms with van der Waals surface area (Å²) in [7, 11) is 2.18. The first-order valence-corrected chi connectivity index (χ1v) is 7.39. The quantitative estimate of drug-likeness (QED) is 0.862. The van der Waals surface area contributed by atoms with Crippen molar-refractivity contribution in [3.8, 4) is 0 Å². The topological polar surface area (TPSA) is 41.1 Å². The van der Waals surface area contributed by atoms with E-state index < -0.39 is 0 Å². The van der Waals surface area contributed by atoms with Crippen LogP contribution in [0.2, 0.25) is 5.15 Å². The fourth-order valence-electron chi connectivity index (χ4n) is 2.30. The van der Waals surface area contributed by atoms with Crippen LogP contribution in [0.1, 0.15) is 38.4 Å². The van der Waals surface area contributed by atoms with Crippen molar-refractivity contribution in [1.29, 1.82) is 0 Å². The Morgan fingerprint density at radius 2 is 2.05 bits per heavy atom. The SMILES string of the molecule is CC(C)c1nc(Cl)cc(NCC2CCN(C)CC2)n1. The zero-order valence-corrected chi connectivity index (χ0v) is 12.7. The molecule has 19 heavy (non-hydrogen) atoms. The standard InChI is InChI=1S/C14H23ClN4/c1-10(2)14-17-12(15)8-13(18-14)16-9-11-4-6-19(3)7-5-11/h8,10-11H,4-7,9H2,1-3H3,(H,16,17,18). The van der Waals surface area contributed by atoms with Crippen LogP contribution in [0.3, 0.4) is 0 Å². The van der Waals surface area contributed by atoms with Gasteiger partial charge in [-0.05, 0) is 38.9 Å². The van der Waals surface area contributed by atoms with Gasteiger partial charge in [-0.25, -0.2) is 9.97 Å². The van der Waals surface area contributed by atoms with E-state index >= 15 is 0 Å². The second-order valence-electron chi connectivity index (χ2n) is 5.72. The van der Waals surface area contributed by atoms with Gasteiger partial charge in [0.25, 0.3) is 0 Å². The number of likely N-dealkylation sites (tertiary alicyclic amines) is 1. The van der Waals surface area contributed by atoms with Crippen LogP contribution in [0.4, 0.5) is 5.82 Å². The van der Waals surface area contributed by atoms with E-state index in [9.17, 15) is 0 Å². The lowest BCUT2D eigenvalue weighted by Gasteiger charge is -2.29. The highest BCUT2D eigenvalue weighted by Crippen LogP contribution is 2.19. The highest BCUT2D eigenvalue weighted by Gasteiger charge is 2.16. The van der Waals surface area contributed by atoms with E-state index in [1.807, 2.05) is 6.07 Å². The number of hydrogen-bond donors (Lipinski definition) is 1. The molecule has 0 spiro atoms. The molecule has 0 amide bonds. The summed E-state index contributed by atoms with van der Waals surface area (Å²) in [4.78, 5) is 11.1. The number of rotatable bonds is 4. The highest BCUT2D eigenvalue weighted by molar-refractivity contribution is 6.29. The molecule has 2 heterocycles. The molecule has 1 aromatic heterocycles. The predicted octanol–water partition coefficient (Wildman–Crippen LogP) is 3.01. The van der Waals surface area contributed by atoms with Crippen molar-refractivity contribution in [2.45, 2.75) is 32.6 Å². The Balaban J connectivity index is 1.92. The molecule has 4 nitrogen and oxygen atoms in total. The Morgan fingerprint density at radius 3 is 2.68 bits per heavy atom. The van der Waals surface area contributed by atoms with Crippen LogP contribution in [0.15, 0.2) is 6.07 Å². The Morgan fingerprint density at radius 1 is 1.37 bits per heavy atom. The second-order valence-corrected chi connectivity index (χ2v) is 6.10. The summed E-state index contributed by atoms with van der Waals surface area (Å²) in [5.41, 5.74) is 0. The summed E-state index contributed by atoms with van der Waals surface area (Å²) in [5, 5.41) is 3.93. The average Bonchev–Trinajstić information content (AvgIpc) is 2.37. The minimum Gasteiger partial charge on any atom is -0.370 e. The number of aromatic nitrogens is 2. The monoisotopic (exact) mass is 282 g/mol. The summed E-state index contributed by atoms with van der Waals surface area (Å²) in [5.74, 6) is 2.68. The molecule has 1 aromatic rings. The molecule has 0 unspecified atom stereocenters. The minimum absolute atomic E-state index is 0.294. The van der Waals surface area contributed by atoms with Crippen molar-refractivity contribution in [3.63, 3.8) is 0 Å². The lowest BCUT2D eigenvalue weighted by atomic mass is 9.97. The fourth-order valence-corrected chi connectivity index (χ4v) is 2.49. The van der Waals surface area contributed by atoms with Gasteiger partial charge in [0.1, 0.15) is 16.8 Å². The van der Waals surface area contributed by atoms with Crippen molar-refractivity contribution < 1.29 is 0 Å². The molecule has 106 valence electrons. The molecule has 1 aliphatic heterocycles. The number of nitrogens with zero attached hydrogens (tertiary/aromatic N) is 3. The third kappa shape index (κ3) is 4.32. The van der Waals surface area contributed by atoms with Crippen molar-refractivity contribution in [1.82, 2.24) is 14.9 Å². The molecular formula is C14H23ClN4. The molecule has 5 heteroatoms. The summed E-state index contributed by atoms with van der Waals surface area (Å²) in [6.45, 7) is 7.50. The number of hydrogen-bond acceptors (Lipinski definition) is 4. The Hall–Kier alpha value is -0.870. The molecule has 0 aliphatic carbocycles. The molecular weight excluding hydrogens is 260 g/mol. The predicted molar refractivity (Wildman–Crippen MR) is 79.8 cm³/mol. The normalized spacial score (nSPS) is 17.9. The van der Waals surface area contributed by atoms with Gasteiger partial charge in [0.05, 0.1) is 0 Å². The largest absolute Gasteiger partial charge is 0.370 e. The molecule has 0 radical (unpaired) electrons. The lowest BCUT2D eigenvalue weighted by Crippen LogP contribution is -2.33. The Bertz CT molecular complexity index is 414. The van der Waals surface area contributed by atoms with Gasteiger partial charge in [0.2, 0.25) is 0 Å². The second kappa shape index (κ2) is 6.53. The van der Waals surface area contributed by atoms with Crippen LogP contribution in [0.5, 0.6) is 0 Å². The van der Waals surface area contributed by atoms with Crippen molar-refractivity contribution in [2.24, 2.45) is 5.92 Å². The highest BCUT2D eigenvalue weighted by atomic mass is 35.5. The van der Waals surface area contributed by atoms with E-state index in [1.54, 1.807) is 0 Å². The van der Waals surface area contributed by atoms with Gasteiger partial charge in [-0.3, -0.25) is 0 Å². The Labute approximate surface area is 120 Å². The van der Waals surface area contributed by atoms with Crippen LogP contribution in [-0.2, 0) is 0 Å². The number of piperidine rings is 1. The molecule has 1 N–H and O–H groups in total. The van der Waals surface area contributed by atoms with Crippen molar-refractivity contribution >= 4 is 17.4 Å². The van der Waals surface area contributed by atoms with E-state index in [0.29, 0.717) is 11.1 Å². The summed E-state index contributed by atoms with van der Waals surface area (Å²) in [6, 6.07) is 1.81. The number of halogens is 1. The van der Waals surface area contributed by atoms with Gasteiger partial charge in [0, 0.05) is 18.5 Å². The summed E-state index contributed by atoms with van der Waals surface area (Å²) < 4.78 is 0. The zero-order chi connectivity index (χ0) is 13.8. The van der Waals surface area contributed by atoms with Gasteiger partial charge in [-0.2, -0.15) is 0 Å². The fraction of sp³-hybridized carbons (Fsp3) is 0.714. The van der Waals surface area contributed by atoms with Crippen LogP contribution < -0.4 is 5.32 Å². The van der Waals surface area contributed by atoms with Crippen molar-refractivity contribution in [3.05, 3.63) is 17.0 Å². The first kappa shape index (κ1) is 14.5. The molecule has 0 saturated carbocycles. The van der Waals surface area contributed by atoms with Gasteiger partial charge in [0.15, 0.2) is 0 Å². The average molecular weight is 283 g/mol. The van der Waals surface area contributed by atoms with Crippen LogP contribution >= 0.6 is 11.6 Å². The van der Waals surface area contributed by atoms with Gasteiger partial charge < -0.3 is 10.2 Å². The van der Waals surface area contributed by atoms with Gasteiger partial charge >= 0.3 is 0 Å². The molecule has 0 bridgehead atoms. The first-order chi connectivity index (χ1) is 9.04. The van der Waals surface area contributed by atoms with E-state index in [4.69, 9.17) is 11.6 Å². The molecule has 1 saturated heterocycles. The van der Waals surface area contributed by atoms with E-state index in [-0.39, 0.29) is 0 Å². The first-order valence-electron chi connectivity index (χ1n) is 7.01. The smallest absolute Gasteiger partial charge is 0.135 e. The van der Waals surface area contributed by atoms with Crippen LogP contribution in [0, 0.1) is 5.92 Å². The van der Waals surface area contributed by atoms with E-state index in [2.05, 4.69) is 41.1 Å². The van der Waals surface area contributed by atoms with E-state index in [0.717, 1.165) is 24.1 Å². The number of anilines is 1. The van der Waals surface area contributed by atoms with Crippen LogP contribution in [0.25, 0.3) is 0 Å². The van der Waals surface area contributed by atoms with Crippen LogP contribution in [-0.4, -0.2) is 41.5 Å².